The monoisotopic (exact) mass is 307 g/mol. The third-order valence-electron chi connectivity index (χ3n) is 2.12. The van der Waals surface area contributed by atoms with E-state index >= 15 is 0 Å². The van der Waals surface area contributed by atoms with Crippen LogP contribution in [0.3, 0.4) is 0 Å². The van der Waals surface area contributed by atoms with E-state index in [1.807, 2.05) is 0 Å². The van der Waals surface area contributed by atoms with Crippen molar-refractivity contribution in [1.29, 1.82) is 0 Å². The Kier molecular flexibility index (Phi) is 6.21. The molecular weight excluding hydrogens is 293 g/mol. The number of nitrogens with one attached hydrogen (secondary N) is 1. The van der Waals surface area contributed by atoms with Gasteiger partial charge in [0.25, 0.3) is 5.91 Å². The number of amides is 1. The summed E-state index contributed by atoms with van der Waals surface area (Å²) in [5.74, 6) is -0.567. The number of nitrogens with two attached hydrogens (primary N) is 1. The fourth-order valence-corrected chi connectivity index (χ4v) is 1.53. The van der Waals surface area contributed by atoms with Crippen LogP contribution in [0, 0.1) is 10.1 Å². The number of nitro groups is 1. The molecule has 0 atom stereocenters. The summed E-state index contributed by atoms with van der Waals surface area (Å²) in [5, 5.41) is 13.3. The van der Waals surface area contributed by atoms with E-state index in [0.717, 1.165) is 0 Å². The van der Waals surface area contributed by atoms with E-state index in [1.165, 1.54) is 18.2 Å². The molecule has 0 aliphatic rings. The fraction of sp³-hybridized carbons (Fsp3) is 0.364. The lowest BCUT2D eigenvalue weighted by Crippen LogP contribution is -2.45. The second kappa shape index (κ2) is 6.70. The number of para-hydroxylation sites is 1. The first-order valence-electron chi connectivity index (χ1n) is 5.22. The normalized spacial score (nSPS) is 10.5. The molecule has 0 aliphatic heterocycles. The molecule has 8 heteroatoms. The molecule has 3 N–H and O–H groups in total. The van der Waals surface area contributed by atoms with Crippen LogP contribution in [-0.2, 0) is 0 Å². The van der Waals surface area contributed by atoms with Gasteiger partial charge in [-0.1, -0.05) is 17.7 Å². The zero-order valence-electron chi connectivity index (χ0n) is 10.5. The number of nitrogens with zero attached hydrogens (tertiary/aromatic N) is 1. The van der Waals surface area contributed by atoms with Gasteiger partial charge in [-0.05, 0) is 26.0 Å². The molecule has 0 saturated carbocycles. The molecule has 0 aliphatic carbocycles. The van der Waals surface area contributed by atoms with E-state index in [1.54, 1.807) is 13.8 Å². The molecule has 1 rings (SSSR count). The van der Waals surface area contributed by atoms with Crippen LogP contribution in [0.5, 0.6) is 0 Å². The highest BCUT2D eigenvalue weighted by molar-refractivity contribution is 6.33. The maximum Gasteiger partial charge on any atom is 0.300 e. The Hall–Kier alpha value is -1.37. The predicted molar refractivity (Wildman–Crippen MR) is 76.0 cm³/mol. The molecule has 0 heterocycles. The van der Waals surface area contributed by atoms with Crippen LogP contribution >= 0.6 is 24.0 Å². The molecule has 0 bridgehead atoms. The average molecular weight is 308 g/mol. The average Bonchev–Trinajstić information content (AvgIpc) is 2.24. The van der Waals surface area contributed by atoms with Crippen LogP contribution < -0.4 is 11.1 Å². The van der Waals surface area contributed by atoms with Gasteiger partial charge in [0.15, 0.2) is 0 Å². The van der Waals surface area contributed by atoms with E-state index in [4.69, 9.17) is 17.3 Å². The molecule has 0 aromatic heterocycles. The van der Waals surface area contributed by atoms with Gasteiger partial charge in [-0.15, -0.1) is 12.4 Å². The van der Waals surface area contributed by atoms with E-state index in [0.29, 0.717) is 0 Å². The maximum absolute atomic E-state index is 11.8. The molecule has 0 spiro atoms. The van der Waals surface area contributed by atoms with Crippen molar-refractivity contribution < 1.29 is 9.72 Å². The Morgan fingerprint density at radius 3 is 2.58 bits per heavy atom. The molecule has 0 radical (unpaired) electrons. The zero-order chi connectivity index (χ0) is 13.9. The fourth-order valence-electron chi connectivity index (χ4n) is 1.29. The summed E-state index contributed by atoms with van der Waals surface area (Å²) in [6.45, 7) is 3.68. The lowest BCUT2D eigenvalue weighted by atomic mass is 10.1. The van der Waals surface area contributed by atoms with Gasteiger partial charge in [-0.3, -0.25) is 14.9 Å². The summed E-state index contributed by atoms with van der Waals surface area (Å²) in [7, 11) is 0. The Morgan fingerprint density at radius 2 is 2.11 bits per heavy atom. The third-order valence-corrected chi connectivity index (χ3v) is 2.42. The second-order valence-corrected chi connectivity index (χ2v) is 4.97. The van der Waals surface area contributed by atoms with Crippen molar-refractivity contribution in [2.75, 3.05) is 6.54 Å². The largest absolute Gasteiger partial charge is 0.350 e. The standard InChI is InChI=1S/C11H14ClN3O3.ClH/c1-11(2,13)6-14-10(16)7-4-3-5-8(12)9(7)15(17)18;/h3-5H,6,13H2,1-2H3,(H,14,16);1H. The van der Waals surface area contributed by atoms with E-state index < -0.39 is 22.1 Å². The minimum atomic E-state index is -0.676. The molecule has 1 aromatic rings. The molecular formula is C11H15Cl2N3O3. The molecule has 106 valence electrons. The van der Waals surface area contributed by atoms with Gasteiger partial charge in [0.2, 0.25) is 0 Å². The maximum atomic E-state index is 11.8. The summed E-state index contributed by atoms with van der Waals surface area (Å²) >= 11 is 5.71. The second-order valence-electron chi connectivity index (χ2n) is 4.56. The van der Waals surface area contributed by atoms with Crippen molar-refractivity contribution >= 4 is 35.6 Å². The van der Waals surface area contributed by atoms with E-state index in [9.17, 15) is 14.9 Å². The minimum absolute atomic E-state index is 0. The van der Waals surface area contributed by atoms with E-state index in [2.05, 4.69) is 5.32 Å². The number of hydrogen-bond acceptors (Lipinski definition) is 4. The Balaban J connectivity index is 0.00000324. The molecule has 19 heavy (non-hydrogen) atoms. The lowest BCUT2D eigenvalue weighted by molar-refractivity contribution is -0.385. The van der Waals surface area contributed by atoms with Crippen molar-refractivity contribution in [3.63, 3.8) is 0 Å². The molecule has 1 amide bonds. The summed E-state index contributed by atoms with van der Waals surface area (Å²) < 4.78 is 0. The van der Waals surface area contributed by atoms with Crippen LogP contribution in [0.2, 0.25) is 5.02 Å². The van der Waals surface area contributed by atoms with Crippen molar-refractivity contribution in [1.82, 2.24) is 5.32 Å². The van der Waals surface area contributed by atoms with Gasteiger partial charge >= 0.3 is 5.69 Å². The van der Waals surface area contributed by atoms with Crippen LogP contribution in [-0.4, -0.2) is 22.9 Å². The number of carbonyl (C=O) groups excluding carboxylic acids is 1. The van der Waals surface area contributed by atoms with Crippen molar-refractivity contribution in [2.45, 2.75) is 19.4 Å². The molecule has 6 nitrogen and oxygen atoms in total. The first kappa shape index (κ1) is 17.6. The molecule has 1 aromatic carbocycles. The smallest absolute Gasteiger partial charge is 0.300 e. The lowest BCUT2D eigenvalue weighted by Gasteiger charge is -2.18. The van der Waals surface area contributed by atoms with Crippen LogP contribution in [0.4, 0.5) is 5.69 Å². The van der Waals surface area contributed by atoms with Gasteiger partial charge in [0.05, 0.1) is 4.92 Å². The number of nitro benzene ring substituents is 1. The van der Waals surface area contributed by atoms with Gasteiger partial charge in [-0.2, -0.15) is 0 Å². The van der Waals surface area contributed by atoms with Crippen molar-refractivity contribution in [3.8, 4) is 0 Å². The highest BCUT2D eigenvalue weighted by Crippen LogP contribution is 2.27. The zero-order valence-corrected chi connectivity index (χ0v) is 12.0. The Labute approximate surface area is 121 Å². The van der Waals surface area contributed by atoms with Crippen LogP contribution in [0.25, 0.3) is 0 Å². The first-order chi connectivity index (χ1) is 8.22. The van der Waals surface area contributed by atoms with Crippen molar-refractivity contribution in [3.05, 3.63) is 38.9 Å². The quantitative estimate of drug-likeness (QED) is 0.657. The Bertz CT molecular complexity index is 487. The summed E-state index contributed by atoms with van der Waals surface area (Å²) in [4.78, 5) is 22.0. The summed E-state index contributed by atoms with van der Waals surface area (Å²) in [5.41, 5.74) is 4.65. The highest BCUT2D eigenvalue weighted by atomic mass is 35.5. The minimum Gasteiger partial charge on any atom is -0.350 e. The number of halogens is 2. The van der Waals surface area contributed by atoms with Crippen molar-refractivity contribution in [2.24, 2.45) is 5.73 Å². The highest BCUT2D eigenvalue weighted by Gasteiger charge is 2.24. The van der Waals surface area contributed by atoms with Gasteiger partial charge < -0.3 is 11.1 Å². The Morgan fingerprint density at radius 1 is 1.53 bits per heavy atom. The summed E-state index contributed by atoms with van der Waals surface area (Å²) in [6, 6.07) is 4.20. The molecule has 0 fully saturated rings. The predicted octanol–water partition coefficient (Wildman–Crippen LogP) is 2.14. The van der Waals surface area contributed by atoms with Gasteiger partial charge in [0, 0.05) is 12.1 Å². The van der Waals surface area contributed by atoms with Crippen LogP contribution in [0.1, 0.15) is 24.2 Å². The van der Waals surface area contributed by atoms with Gasteiger partial charge in [-0.25, -0.2) is 0 Å². The summed E-state index contributed by atoms with van der Waals surface area (Å²) in [6.07, 6.45) is 0. The molecule has 0 unspecified atom stereocenters. The SMILES string of the molecule is CC(C)(N)CNC(=O)c1cccc(Cl)c1[N+](=O)[O-].Cl. The topological polar surface area (TPSA) is 98.3 Å². The van der Waals surface area contributed by atoms with Crippen LogP contribution in [0.15, 0.2) is 18.2 Å². The number of rotatable bonds is 4. The third kappa shape index (κ3) is 5.02. The van der Waals surface area contributed by atoms with E-state index in [-0.39, 0.29) is 29.5 Å². The number of benzene rings is 1. The number of hydrogen-bond donors (Lipinski definition) is 2. The number of carbonyl (C=O) groups is 1. The molecule has 0 saturated heterocycles. The first-order valence-corrected chi connectivity index (χ1v) is 5.60. The van der Waals surface area contributed by atoms with Gasteiger partial charge in [0.1, 0.15) is 10.6 Å².